The molecule has 3 rings (SSSR count). The first-order valence-corrected chi connectivity index (χ1v) is 10.3. The van der Waals surface area contributed by atoms with Gasteiger partial charge < -0.3 is 15.5 Å². The lowest BCUT2D eigenvalue weighted by Crippen LogP contribution is -2.45. The molecule has 152 valence electrons. The van der Waals surface area contributed by atoms with Crippen LogP contribution in [0.15, 0.2) is 35.3 Å². The van der Waals surface area contributed by atoms with Crippen molar-refractivity contribution in [1.29, 1.82) is 0 Å². The third-order valence-electron chi connectivity index (χ3n) is 5.62. The Morgan fingerprint density at radius 1 is 0.963 bits per heavy atom. The highest BCUT2D eigenvalue weighted by molar-refractivity contribution is 14.0. The molecule has 2 saturated heterocycles. The highest BCUT2D eigenvalue weighted by Crippen LogP contribution is 2.24. The fourth-order valence-electron chi connectivity index (χ4n) is 4.12. The molecule has 0 radical (unpaired) electrons. The van der Waals surface area contributed by atoms with Gasteiger partial charge in [-0.05, 0) is 57.4 Å². The van der Waals surface area contributed by atoms with Crippen LogP contribution in [-0.2, 0) is 0 Å². The van der Waals surface area contributed by atoms with Gasteiger partial charge in [-0.25, -0.2) is 0 Å². The lowest BCUT2D eigenvalue weighted by Gasteiger charge is -2.29. The van der Waals surface area contributed by atoms with Gasteiger partial charge in [-0.2, -0.15) is 0 Å². The lowest BCUT2D eigenvalue weighted by atomic mass is 10.1. The predicted octanol–water partition coefficient (Wildman–Crippen LogP) is 3.09. The number of benzene rings is 1. The molecule has 27 heavy (non-hydrogen) atoms. The molecule has 2 aliphatic rings. The Labute approximate surface area is 182 Å². The van der Waals surface area contributed by atoms with E-state index in [2.05, 4.69) is 55.8 Å². The van der Waals surface area contributed by atoms with Crippen LogP contribution in [0.2, 0.25) is 0 Å². The Kier molecular flexibility index (Phi) is 10.4. The van der Waals surface area contributed by atoms with Crippen molar-refractivity contribution in [1.82, 2.24) is 20.4 Å². The molecular weight excluding hydrogens is 449 g/mol. The Hall–Kier alpha value is -0.860. The summed E-state index contributed by atoms with van der Waals surface area (Å²) in [6.07, 6.45) is 6.71. The SMILES string of the molecule is CN=C(NCCN1CCCCC1)NCC(c1ccccc1)N1CCCC1.I. The van der Waals surface area contributed by atoms with Gasteiger partial charge in [0.1, 0.15) is 0 Å². The van der Waals surface area contributed by atoms with Gasteiger partial charge in [-0.15, -0.1) is 24.0 Å². The molecule has 0 bridgehead atoms. The average molecular weight is 485 g/mol. The van der Waals surface area contributed by atoms with E-state index >= 15 is 0 Å². The van der Waals surface area contributed by atoms with E-state index in [-0.39, 0.29) is 24.0 Å². The van der Waals surface area contributed by atoms with Crippen molar-refractivity contribution in [2.24, 2.45) is 4.99 Å². The zero-order valence-electron chi connectivity index (χ0n) is 16.7. The molecule has 2 N–H and O–H groups in total. The first kappa shape index (κ1) is 22.4. The Morgan fingerprint density at radius 3 is 2.30 bits per heavy atom. The number of nitrogens with zero attached hydrogens (tertiary/aromatic N) is 3. The van der Waals surface area contributed by atoms with Crippen molar-refractivity contribution >= 4 is 29.9 Å². The van der Waals surface area contributed by atoms with Gasteiger partial charge in [-0.1, -0.05) is 36.8 Å². The quantitative estimate of drug-likeness (QED) is 0.354. The largest absolute Gasteiger partial charge is 0.355 e. The van der Waals surface area contributed by atoms with Crippen molar-refractivity contribution < 1.29 is 0 Å². The molecule has 1 aromatic rings. The fraction of sp³-hybridized carbons (Fsp3) is 0.667. The number of rotatable bonds is 7. The van der Waals surface area contributed by atoms with Crippen LogP contribution in [0.25, 0.3) is 0 Å². The maximum atomic E-state index is 4.42. The second-order valence-electron chi connectivity index (χ2n) is 7.45. The van der Waals surface area contributed by atoms with Crippen molar-refractivity contribution in [3.63, 3.8) is 0 Å². The van der Waals surface area contributed by atoms with Crippen LogP contribution >= 0.6 is 24.0 Å². The number of nitrogens with one attached hydrogen (secondary N) is 2. The molecule has 1 atom stereocenters. The predicted molar refractivity (Wildman–Crippen MR) is 125 cm³/mol. The van der Waals surface area contributed by atoms with Gasteiger partial charge >= 0.3 is 0 Å². The second kappa shape index (κ2) is 12.6. The van der Waals surface area contributed by atoms with E-state index in [0.29, 0.717) is 6.04 Å². The molecule has 0 aromatic heterocycles. The molecule has 2 aliphatic heterocycles. The van der Waals surface area contributed by atoms with E-state index in [4.69, 9.17) is 0 Å². The van der Waals surface area contributed by atoms with Crippen molar-refractivity contribution in [3.8, 4) is 0 Å². The molecule has 1 unspecified atom stereocenters. The summed E-state index contributed by atoms with van der Waals surface area (Å²) in [5.41, 5.74) is 1.39. The Bertz CT molecular complexity index is 539. The number of aliphatic imine (C=N–C) groups is 1. The Balaban J connectivity index is 0.00000261. The van der Waals surface area contributed by atoms with Gasteiger partial charge in [0.2, 0.25) is 0 Å². The van der Waals surface area contributed by atoms with E-state index in [1.54, 1.807) is 0 Å². The molecule has 0 saturated carbocycles. The number of guanidine groups is 1. The van der Waals surface area contributed by atoms with Crippen LogP contribution in [0.5, 0.6) is 0 Å². The van der Waals surface area contributed by atoms with Crippen LogP contribution in [0.1, 0.15) is 43.7 Å². The molecule has 0 spiro atoms. The summed E-state index contributed by atoms with van der Waals surface area (Å²) in [5, 5.41) is 7.05. The minimum Gasteiger partial charge on any atom is -0.355 e. The summed E-state index contributed by atoms with van der Waals surface area (Å²) in [7, 11) is 1.86. The van der Waals surface area contributed by atoms with E-state index < -0.39 is 0 Å². The summed E-state index contributed by atoms with van der Waals surface area (Å²) in [4.78, 5) is 9.58. The summed E-state index contributed by atoms with van der Waals surface area (Å²) in [6, 6.07) is 11.3. The van der Waals surface area contributed by atoms with Crippen LogP contribution < -0.4 is 10.6 Å². The zero-order valence-corrected chi connectivity index (χ0v) is 19.0. The third kappa shape index (κ3) is 7.23. The molecular formula is C21H36IN5. The van der Waals surface area contributed by atoms with Gasteiger partial charge in [0.15, 0.2) is 5.96 Å². The summed E-state index contributed by atoms with van der Waals surface area (Å²) >= 11 is 0. The number of halogens is 1. The summed E-state index contributed by atoms with van der Waals surface area (Å²) in [6.45, 7) is 7.85. The molecule has 1 aromatic carbocycles. The normalized spacial score (nSPS) is 20.1. The topological polar surface area (TPSA) is 42.9 Å². The highest BCUT2D eigenvalue weighted by atomic mass is 127. The maximum Gasteiger partial charge on any atom is 0.191 e. The number of hydrogen-bond acceptors (Lipinski definition) is 3. The van der Waals surface area contributed by atoms with Crippen LogP contribution in [0.4, 0.5) is 0 Å². The molecule has 2 fully saturated rings. The van der Waals surface area contributed by atoms with E-state index in [1.807, 2.05) is 7.05 Å². The number of hydrogen-bond donors (Lipinski definition) is 2. The zero-order chi connectivity index (χ0) is 18.0. The van der Waals surface area contributed by atoms with E-state index in [1.165, 1.54) is 63.8 Å². The summed E-state index contributed by atoms with van der Waals surface area (Å²) in [5.74, 6) is 0.919. The minimum absolute atomic E-state index is 0. The number of likely N-dealkylation sites (tertiary alicyclic amines) is 2. The van der Waals surface area contributed by atoms with Crippen molar-refractivity contribution in [2.45, 2.75) is 38.1 Å². The van der Waals surface area contributed by atoms with Gasteiger partial charge in [-0.3, -0.25) is 9.89 Å². The highest BCUT2D eigenvalue weighted by Gasteiger charge is 2.23. The molecule has 2 heterocycles. The second-order valence-corrected chi connectivity index (χ2v) is 7.45. The molecule has 5 nitrogen and oxygen atoms in total. The van der Waals surface area contributed by atoms with Gasteiger partial charge in [0.25, 0.3) is 0 Å². The third-order valence-corrected chi connectivity index (χ3v) is 5.62. The van der Waals surface area contributed by atoms with E-state index in [9.17, 15) is 0 Å². The fourth-order valence-corrected chi connectivity index (χ4v) is 4.12. The monoisotopic (exact) mass is 485 g/mol. The van der Waals surface area contributed by atoms with Crippen LogP contribution in [0.3, 0.4) is 0 Å². The van der Waals surface area contributed by atoms with Gasteiger partial charge in [0.05, 0.1) is 6.04 Å². The average Bonchev–Trinajstić information content (AvgIpc) is 3.23. The van der Waals surface area contributed by atoms with Crippen molar-refractivity contribution in [3.05, 3.63) is 35.9 Å². The minimum atomic E-state index is 0. The molecule has 0 amide bonds. The maximum absolute atomic E-state index is 4.42. The first-order valence-electron chi connectivity index (χ1n) is 10.3. The Morgan fingerprint density at radius 2 is 1.63 bits per heavy atom. The smallest absolute Gasteiger partial charge is 0.191 e. The number of piperidine rings is 1. The molecule has 0 aliphatic carbocycles. The van der Waals surface area contributed by atoms with Crippen LogP contribution in [-0.4, -0.2) is 68.6 Å². The van der Waals surface area contributed by atoms with Crippen molar-refractivity contribution in [2.75, 3.05) is 52.9 Å². The van der Waals surface area contributed by atoms with Crippen LogP contribution in [0, 0.1) is 0 Å². The standard InChI is InChI=1S/C21H35N5.HI/c1-22-21(23-12-17-25-13-6-3-7-14-25)24-18-20(26-15-8-9-16-26)19-10-4-2-5-11-19;/h2,4-5,10-11,20H,3,6-9,12-18H2,1H3,(H2,22,23,24);1H. The van der Waals surface area contributed by atoms with Gasteiger partial charge in [0, 0.05) is 26.7 Å². The lowest BCUT2D eigenvalue weighted by molar-refractivity contribution is 0.231. The molecule has 6 heteroatoms. The summed E-state index contributed by atoms with van der Waals surface area (Å²) < 4.78 is 0. The first-order chi connectivity index (χ1) is 12.9. The van der Waals surface area contributed by atoms with E-state index in [0.717, 1.165) is 25.6 Å².